The Morgan fingerprint density at radius 1 is 1.23 bits per heavy atom. The van der Waals surface area contributed by atoms with Crippen molar-refractivity contribution in [2.75, 3.05) is 19.5 Å². The van der Waals surface area contributed by atoms with Gasteiger partial charge in [0.25, 0.3) is 5.56 Å². The van der Waals surface area contributed by atoms with E-state index < -0.39 is 0 Å². The highest BCUT2D eigenvalue weighted by Crippen LogP contribution is 2.28. The van der Waals surface area contributed by atoms with Gasteiger partial charge in [-0.25, -0.2) is 4.98 Å². The Morgan fingerprint density at radius 3 is 2.85 bits per heavy atom. The van der Waals surface area contributed by atoms with Crippen molar-refractivity contribution in [2.45, 2.75) is 24.1 Å². The fourth-order valence-corrected chi connectivity index (χ4v) is 4.25. The van der Waals surface area contributed by atoms with Crippen LogP contribution in [0.4, 0.5) is 0 Å². The summed E-state index contributed by atoms with van der Waals surface area (Å²) in [6, 6.07) is 15.0. The van der Waals surface area contributed by atoms with E-state index in [0.717, 1.165) is 25.2 Å². The van der Waals surface area contributed by atoms with Gasteiger partial charge in [0.2, 0.25) is 0 Å². The van der Waals surface area contributed by atoms with Crippen LogP contribution in [0.25, 0.3) is 16.6 Å². The van der Waals surface area contributed by atoms with Crippen LogP contribution >= 0.6 is 11.8 Å². The van der Waals surface area contributed by atoms with E-state index in [-0.39, 0.29) is 11.7 Å². The Morgan fingerprint density at radius 2 is 2.04 bits per heavy atom. The number of benzene rings is 2. The van der Waals surface area contributed by atoms with Gasteiger partial charge in [-0.05, 0) is 37.1 Å². The zero-order chi connectivity index (χ0) is 17.9. The summed E-state index contributed by atoms with van der Waals surface area (Å²) >= 11 is 1.56. The maximum atomic E-state index is 13.2. The van der Waals surface area contributed by atoms with Crippen molar-refractivity contribution in [3.8, 4) is 11.4 Å². The summed E-state index contributed by atoms with van der Waals surface area (Å²) in [5, 5.41) is 1.26. The minimum Gasteiger partial charge on any atom is -0.495 e. The summed E-state index contributed by atoms with van der Waals surface area (Å²) in [5.74, 6) is 1.42. The molecule has 0 amide bonds. The van der Waals surface area contributed by atoms with E-state index in [1.54, 1.807) is 23.4 Å². The highest BCUT2D eigenvalue weighted by atomic mass is 32.2. The molecule has 0 saturated carbocycles. The van der Waals surface area contributed by atoms with Crippen LogP contribution < -0.4 is 10.3 Å². The fraction of sp³-hybridized carbons (Fsp3) is 0.300. The van der Waals surface area contributed by atoms with Gasteiger partial charge in [0.15, 0.2) is 5.16 Å². The average molecular weight is 368 g/mol. The monoisotopic (exact) mass is 368 g/mol. The molecule has 134 valence electrons. The molecule has 3 aromatic rings. The molecule has 1 aliphatic rings. The maximum Gasteiger partial charge on any atom is 0.266 e. The molecule has 4 rings (SSSR count). The second-order valence-corrected chi connectivity index (χ2v) is 7.16. The number of hydrogen-bond donors (Lipinski definition) is 0. The zero-order valence-electron chi connectivity index (χ0n) is 14.6. The smallest absolute Gasteiger partial charge is 0.266 e. The van der Waals surface area contributed by atoms with Crippen LogP contribution in [0.3, 0.4) is 0 Å². The highest BCUT2D eigenvalue weighted by Gasteiger charge is 2.20. The Balaban J connectivity index is 1.86. The van der Waals surface area contributed by atoms with Gasteiger partial charge in [0.05, 0.1) is 29.8 Å². The van der Waals surface area contributed by atoms with Gasteiger partial charge in [-0.15, -0.1) is 0 Å². The van der Waals surface area contributed by atoms with Gasteiger partial charge in [0.1, 0.15) is 5.75 Å². The van der Waals surface area contributed by atoms with Gasteiger partial charge in [-0.2, -0.15) is 0 Å². The molecule has 5 nitrogen and oxygen atoms in total. The van der Waals surface area contributed by atoms with Crippen LogP contribution in [0.2, 0.25) is 0 Å². The van der Waals surface area contributed by atoms with E-state index in [2.05, 4.69) is 0 Å². The quantitative estimate of drug-likeness (QED) is 0.508. The minimum absolute atomic E-state index is 0.0880. The van der Waals surface area contributed by atoms with Crippen molar-refractivity contribution in [1.29, 1.82) is 0 Å². The molecule has 2 heterocycles. The predicted molar refractivity (Wildman–Crippen MR) is 104 cm³/mol. The van der Waals surface area contributed by atoms with Crippen LogP contribution in [0, 0.1) is 0 Å². The fourth-order valence-electron chi connectivity index (χ4n) is 3.18. The standard InChI is InChI=1S/C20H20N2O3S/c1-24-18-11-5-4-10-17(18)22-19(23)15-8-2-3-9-16(15)21-20(22)26-13-14-7-6-12-25-14/h2-5,8-11,14H,6-7,12-13H2,1H3. The number of hydrogen-bond acceptors (Lipinski definition) is 5. The number of rotatable bonds is 5. The molecule has 0 N–H and O–H groups in total. The lowest BCUT2D eigenvalue weighted by Gasteiger charge is -2.16. The second kappa shape index (κ2) is 7.51. The second-order valence-electron chi connectivity index (χ2n) is 6.17. The summed E-state index contributed by atoms with van der Waals surface area (Å²) in [4.78, 5) is 18.0. The third-order valence-electron chi connectivity index (χ3n) is 4.49. The lowest BCUT2D eigenvalue weighted by molar-refractivity contribution is 0.129. The first-order chi connectivity index (χ1) is 12.8. The van der Waals surface area contributed by atoms with Crippen molar-refractivity contribution in [3.05, 3.63) is 58.9 Å². The molecule has 1 atom stereocenters. The summed E-state index contributed by atoms with van der Waals surface area (Å²) < 4.78 is 12.9. The number of fused-ring (bicyclic) bond motifs is 1. The van der Waals surface area contributed by atoms with E-state index in [1.807, 2.05) is 48.5 Å². The van der Waals surface area contributed by atoms with E-state index >= 15 is 0 Å². The molecule has 26 heavy (non-hydrogen) atoms. The molecule has 1 aliphatic heterocycles. The number of methoxy groups -OCH3 is 1. The molecule has 0 spiro atoms. The SMILES string of the molecule is COc1ccccc1-n1c(SCC2CCCO2)nc2ccccc2c1=O. The highest BCUT2D eigenvalue weighted by molar-refractivity contribution is 7.99. The predicted octanol–water partition coefficient (Wildman–Crippen LogP) is 3.67. The molecule has 1 saturated heterocycles. The summed E-state index contributed by atoms with van der Waals surface area (Å²) in [6.07, 6.45) is 2.37. The summed E-state index contributed by atoms with van der Waals surface area (Å²) in [7, 11) is 1.61. The average Bonchev–Trinajstić information content (AvgIpc) is 3.20. The van der Waals surface area contributed by atoms with Crippen LogP contribution in [0.15, 0.2) is 58.5 Å². The largest absolute Gasteiger partial charge is 0.495 e. The molecular formula is C20H20N2O3S. The van der Waals surface area contributed by atoms with Crippen molar-refractivity contribution in [3.63, 3.8) is 0 Å². The number of thioether (sulfide) groups is 1. The lowest BCUT2D eigenvalue weighted by atomic mass is 10.2. The van der Waals surface area contributed by atoms with Gasteiger partial charge in [-0.1, -0.05) is 36.0 Å². The first kappa shape index (κ1) is 17.1. The summed E-state index contributed by atoms with van der Waals surface area (Å²) in [5.41, 5.74) is 1.32. The maximum absolute atomic E-state index is 13.2. The van der Waals surface area contributed by atoms with Crippen LogP contribution in [-0.2, 0) is 4.74 Å². The molecule has 2 aromatic carbocycles. The normalized spacial score (nSPS) is 16.9. The lowest BCUT2D eigenvalue weighted by Crippen LogP contribution is -2.23. The van der Waals surface area contributed by atoms with Crippen molar-refractivity contribution in [1.82, 2.24) is 9.55 Å². The number of para-hydroxylation sites is 3. The number of ether oxygens (including phenoxy) is 2. The number of aromatic nitrogens is 2. The van der Waals surface area contributed by atoms with Gasteiger partial charge >= 0.3 is 0 Å². The molecular weight excluding hydrogens is 348 g/mol. The Labute approximate surface area is 156 Å². The third-order valence-corrected chi connectivity index (χ3v) is 5.56. The van der Waals surface area contributed by atoms with Gasteiger partial charge in [-0.3, -0.25) is 9.36 Å². The molecule has 0 aliphatic carbocycles. The first-order valence-electron chi connectivity index (χ1n) is 8.67. The van der Waals surface area contributed by atoms with E-state index in [4.69, 9.17) is 14.5 Å². The third kappa shape index (κ3) is 3.22. The van der Waals surface area contributed by atoms with E-state index in [1.165, 1.54) is 0 Å². The molecule has 0 radical (unpaired) electrons. The molecule has 1 fully saturated rings. The van der Waals surface area contributed by atoms with Gasteiger partial charge in [0, 0.05) is 12.4 Å². The molecule has 1 aromatic heterocycles. The number of nitrogens with zero attached hydrogens (tertiary/aromatic N) is 2. The van der Waals surface area contributed by atoms with E-state index in [9.17, 15) is 4.79 Å². The Hall–Kier alpha value is -2.31. The van der Waals surface area contributed by atoms with E-state index in [0.29, 0.717) is 27.5 Å². The topological polar surface area (TPSA) is 53.4 Å². The Bertz CT molecular complexity index is 980. The first-order valence-corrected chi connectivity index (χ1v) is 9.66. The van der Waals surface area contributed by atoms with Gasteiger partial charge < -0.3 is 9.47 Å². The molecule has 6 heteroatoms. The minimum atomic E-state index is -0.0880. The molecule has 1 unspecified atom stereocenters. The summed E-state index contributed by atoms with van der Waals surface area (Å²) in [6.45, 7) is 0.815. The van der Waals surface area contributed by atoms with Crippen molar-refractivity contribution in [2.24, 2.45) is 0 Å². The molecule has 0 bridgehead atoms. The van der Waals surface area contributed by atoms with Crippen LogP contribution in [0.5, 0.6) is 5.75 Å². The van der Waals surface area contributed by atoms with Crippen LogP contribution in [-0.4, -0.2) is 35.1 Å². The van der Waals surface area contributed by atoms with Crippen LogP contribution in [0.1, 0.15) is 12.8 Å². The van der Waals surface area contributed by atoms with Crippen molar-refractivity contribution >= 4 is 22.7 Å². The zero-order valence-corrected chi connectivity index (χ0v) is 15.4. The van der Waals surface area contributed by atoms with Crippen molar-refractivity contribution < 1.29 is 9.47 Å². The Kier molecular flexibility index (Phi) is 4.95.